The molecule has 0 saturated carbocycles. The van der Waals surface area contributed by atoms with Crippen molar-refractivity contribution in [1.82, 2.24) is 19.4 Å². The number of hydrogen-bond acceptors (Lipinski definition) is 7. The van der Waals surface area contributed by atoms with Crippen LogP contribution < -0.4 is 21.5 Å². The first-order valence-electron chi connectivity index (χ1n) is 9.49. The molecule has 3 heterocycles. The molecule has 1 aromatic carbocycles. The number of ether oxygens (including phenoxy) is 1. The van der Waals surface area contributed by atoms with E-state index in [0.717, 1.165) is 31.7 Å². The molecule has 1 fully saturated rings. The van der Waals surface area contributed by atoms with Crippen molar-refractivity contribution < 1.29 is 9.53 Å². The highest BCUT2D eigenvalue weighted by Crippen LogP contribution is 2.39. The molecular weight excluding hydrogens is 360 g/mol. The minimum atomic E-state index is -0.482. The minimum absolute atomic E-state index is 0.0487. The maximum atomic E-state index is 12.7. The molecule has 2 aromatic rings. The number of piperazine rings is 1. The standard InChI is InChI=1S/C19H24N6O3/c20-6-3-7-23-8-10-24(11-9-23)17(26)13-25-12-16-18(22-19(25)27)21-14-4-1-2-5-15(14)28-16/h1-2,4-5,12H,3,6-11,13,20H2,(H,21,22,27). The topological polar surface area (TPSA) is 106 Å². The second-order valence-corrected chi connectivity index (χ2v) is 6.95. The Morgan fingerprint density at radius 2 is 1.96 bits per heavy atom. The van der Waals surface area contributed by atoms with Crippen molar-refractivity contribution in [2.24, 2.45) is 5.73 Å². The number of fused-ring (bicyclic) bond motifs is 2. The van der Waals surface area contributed by atoms with Crippen molar-refractivity contribution in [2.75, 3.05) is 44.6 Å². The average molecular weight is 384 g/mol. The number of anilines is 2. The number of amides is 1. The Bertz CT molecular complexity index is 920. The van der Waals surface area contributed by atoms with Crippen molar-refractivity contribution in [3.05, 3.63) is 40.9 Å². The molecular formula is C19H24N6O3. The van der Waals surface area contributed by atoms with Crippen molar-refractivity contribution in [3.63, 3.8) is 0 Å². The number of benzene rings is 1. The largest absolute Gasteiger partial charge is 0.450 e. The molecule has 1 amide bonds. The first kappa shape index (κ1) is 18.5. The SMILES string of the molecule is NCCCN1CCN(C(=O)Cn2cc3c(nc2=O)Nc2ccccc2O3)CC1. The van der Waals surface area contributed by atoms with Crippen molar-refractivity contribution in [3.8, 4) is 11.5 Å². The van der Waals surface area contributed by atoms with Crippen molar-refractivity contribution in [2.45, 2.75) is 13.0 Å². The van der Waals surface area contributed by atoms with Gasteiger partial charge < -0.3 is 20.7 Å². The summed E-state index contributed by atoms with van der Waals surface area (Å²) in [5.74, 6) is 1.35. The van der Waals surface area contributed by atoms with Gasteiger partial charge in [-0.15, -0.1) is 0 Å². The summed E-state index contributed by atoms with van der Waals surface area (Å²) in [5.41, 5.74) is 5.82. The molecule has 9 nitrogen and oxygen atoms in total. The number of aromatic nitrogens is 2. The first-order chi connectivity index (χ1) is 13.6. The lowest BCUT2D eigenvalue weighted by atomic mass is 10.2. The molecule has 0 radical (unpaired) electrons. The lowest BCUT2D eigenvalue weighted by Gasteiger charge is -2.34. The van der Waals surface area contributed by atoms with E-state index < -0.39 is 5.69 Å². The highest BCUT2D eigenvalue weighted by atomic mass is 16.5. The smallest absolute Gasteiger partial charge is 0.350 e. The van der Waals surface area contributed by atoms with Gasteiger partial charge in [0.15, 0.2) is 17.3 Å². The van der Waals surface area contributed by atoms with Crippen LogP contribution >= 0.6 is 0 Å². The van der Waals surface area contributed by atoms with Gasteiger partial charge in [-0.2, -0.15) is 4.98 Å². The van der Waals surface area contributed by atoms with E-state index >= 15 is 0 Å². The Morgan fingerprint density at radius 1 is 1.18 bits per heavy atom. The zero-order valence-electron chi connectivity index (χ0n) is 15.6. The van der Waals surface area contributed by atoms with Crippen LogP contribution in [0, 0.1) is 0 Å². The predicted molar refractivity (Wildman–Crippen MR) is 105 cm³/mol. The molecule has 1 saturated heterocycles. The van der Waals surface area contributed by atoms with Gasteiger partial charge >= 0.3 is 5.69 Å². The second-order valence-electron chi connectivity index (χ2n) is 6.95. The summed E-state index contributed by atoms with van der Waals surface area (Å²) in [5, 5.41) is 3.09. The average Bonchev–Trinajstić information content (AvgIpc) is 2.71. The van der Waals surface area contributed by atoms with Gasteiger partial charge in [-0.05, 0) is 31.6 Å². The number of carbonyl (C=O) groups is 1. The summed E-state index contributed by atoms with van der Waals surface area (Å²) in [6, 6.07) is 7.42. The molecule has 148 valence electrons. The number of nitrogens with zero attached hydrogens (tertiary/aromatic N) is 4. The van der Waals surface area contributed by atoms with Crippen LogP contribution in [0.3, 0.4) is 0 Å². The van der Waals surface area contributed by atoms with Crippen LogP contribution in [0.2, 0.25) is 0 Å². The van der Waals surface area contributed by atoms with E-state index in [9.17, 15) is 9.59 Å². The molecule has 28 heavy (non-hydrogen) atoms. The minimum Gasteiger partial charge on any atom is -0.450 e. The van der Waals surface area contributed by atoms with E-state index in [1.807, 2.05) is 24.3 Å². The fraction of sp³-hybridized carbons (Fsp3) is 0.421. The number of nitrogens with one attached hydrogen (secondary N) is 1. The van der Waals surface area contributed by atoms with Crippen LogP contribution in [-0.4, -0.2) is 64.5 Å². The summed E-state index contributed by atoms with van der Waals surface area (Å²) in [6.45, 7) is 4.55. The Balaban J connectivity index is 1.42. The number of nitrogens with two attached hydrogens (primary N) is 1. The number of carbonyl (C=O) groups excluding carboxylic acids is 1. The van der Waals surface area contributed by atoms with E-state index in [0.29, 0.717) is 37.0 Å². The zero-order valence-corrected chi connectivity index (χ0v) is 15.6. The maximum Gasteiger partial charge on any atom is 0.350 e. The van der Waals surface area contributed by atoms with E-state index in [-0.39, 0.29) is 12.5 Å². The van der Waals surface area contributed by atoms with Crippen LogP contribution in [0.5, 0.6) is 11.5 Å². The summed E-state index contributed by atoms with van der Waals surface area (Å²) < 4.78 is 7.13. The monoisotopic (exact) mass is 384 g/mol. The third kappa shape index (κ3) is 3.85. The van der Waals surface area contributed by atoms with Gasteiger partial charge in [0.2, 0.25) is 5.91 Å². The van der Waals surface area contributed by atoms with Crippen LogP contribution in [0.15, 0.2) is 35.3 Å². The molecule has 1 aromatic heterocycles. The van der Waals surface area contributed by atoms with Gasteiger partial charge in [0.25, 0.3) is 0 Å². The van der Waals surface area contributed by atoms with Gasteiger partial charge in [-0.3, -0.25) is 14.3 Å². The maximum absolute atomic E-state index is 12.7. The Labute approximate surface area is 162 Å². The summed E-state index contributed by atoms with van der Waals surface area (Å²) in [4.78, 5) is 33.1. The van der Waals surface area contributed by atoms with Gasteiger partial charge in [0.05, 0.1) is 11.9 Å². The van der Waals surface area contributed by atoms with E-state index in [2.05, 4.69) is 15.2 Å². The first-order valence-corrected chi connectivity index (χ1v) is 9.49. The molecule has 0 unspecified atom stereocenters. The van der Waals surface area contributed by atoms with Crippen LogP contribution in [0.1, 0.15) is 6.42 Å². The van der Waals surface area contributed by atoms with Gasteiger partial charge in [-0.1, -0.05) is 12.1 Å². The van der Waals surface area contributed by atoms with Crippen molar-refractivity contribution in [1.29, 1.82) is 0 Å². The summed E-state index contributed by atoms with van der Waals surface area (Å²) in [6.07, 6.45) is 2.50. The highest BCUT2D eigenvalue weighted by Gasteiger charge is 2.23. The molecule has 3 N–H and O–H groups in total. The molecule has 2 aliphatic rings. The second kappa shape index (κ2) is 7.99. The van der Waals surface area contributed by atoms with Crippen LogP contribution in [0.4, 0.5) is 11.5 Å². The predicted octanol–water partition coefficient (Wildman–Crippen LogP) is 0.586. The number of hydrogen-bond donors (Lipinski definition) is 2. The zero-order chi connectivity index (χ0) is 19.5. The molecule has 0 atom stereocenters. The quantitative estimate of drug-likeness (QED) is 0.663. The molecule has 0 spiro atoms. The Hall–Kier alpha value is -2.91. The fourth-order valence-electron chi connectivity index (χ4n) is 3.44. The van der Waals surface area contributed by atoms with Crippen LogP contribution in [0.25, 0.3) is 0 Å². The molecule has 2 aliphatic heterocycles. The van der Waals surface area contributed by atoms with Gasteiger partial charge in [0.1, 0.15) is 6.54 Å². The van der Waals surface area contributed by atoms with Crippen LogP contribution in [-0.2, 0) is 11.3 Å². The highest BCUT2D eigenvalue weighted by molar-refractivity contribution is 5.76. The Morgan fingerprint density at radius 3 is 2.75 bits per heavy atom. The molecule has 9 heteroatoms. The number of para-hydroxylation sites is 2. The number of rotatable bonds is 5. The molecule has 0 aliphatic carbocycles. The fourth-order valence-corrected chi connectivity index (χ4v) is 3.44. The Kier molecular flexibility index (Phi) is 5.27. The molecule has 0 bridgehead atoms. The van der Waals surface area contributed by atoms with Crippen molar-refractivity contribution >= 4 is 17.4 Å². The third-order valence-corrected chi connectivity index (χ3v) is 5.03. The van der Waals surface area contributed by atoms with E-state index in [1.165, 1.54) is 4.57 Å². The lowest BCUT2D eigenvalue weighted by Crippen LogP contribution is -2.50. The molecule has 4 rings (SSSR count). The normalized spacial score (nSPS) is 16.0. The summed E-state index contributed by atoms with van der Waals surface area (Å²) in [7, 11) is 0. The van der Waals surface area contributed by atoms with E-state index in [4.69, 9.17) is 10.5 Å². The van der Waals surface area contributed by atoms with E-state index in [1.54, 1.807) is 11.1 Å². The van der Waals surface area contributed by atoms with Gasteiger partial charge in [-0.25, -0.2) is 4.79 Å². The lowest BCUT2D eigenvalue weighted by molar-refractivity contribution is -0.133. The third-order valence-electron chi connectivity index (χ3n) is 5.03. The van der Waals surface area contributed by atoms with Gasteiger partial charge in [0, 0.05) is 26.2 Å². The summed E-state index contributed by atoms with van der Waals surface area (Å²) >= 11 is 0.